The Morgan fingerprint density at radius 3 is 2.79 bits per heavy atom. The first-order valence-corrected chi connectivity index (χ1v) is 7.08. The van der Waals surface area contributed by atoms with E-state index in [1.807, 2.05) is 19.1 Å². The summed E-state index contributed by atoms with van der Waals surface area (Å²) in [5.41, 5.74) is 7.39. The van der Waals surface area contributed by atoms with Gasteiger partial charge in [0.25, 0.3) is 0 Å². The van der Waals surface area contributed by atoms with Gasteiger partial charge < -0.3 is 5.73 Å². The molecule has 0 saturated heterocycles. The summed E-state index contributed by atoms with van der Waals surface area (Å²) < 4.78 is 13.5. The van der Waals surface area contributed by atoms with Crippen LogP contribution in [0.3, 0.4) is 0 Å². The number of benzene rings is 1. The van der Waals surface area contributed by atoms with Crippen LogP contribution >= 0.6 is 11.8 Å². The molecule has 19 heavy (non-hydrogen) atoms. The standard InChI is InChI=1S/C14H16FN3S/c1-10-8-11(6-7-16)18-14(17-10)9-19-13-5-3-2-4-12(13)15/h2-5,8H,6-7,9,16H2,1H3. The van der Waals surface area contributed by atoms with Crippen LogP contribution in [0.25, 0.3) is 0 Å². The monoisotopic (exact) mass is 277 g/mol. The summed E-state index contributed by atoms with van der Waals surface area (Å²) in [6.45, 7) is 2.50. The molecule has 0 aliphatic heterocycles. The lowest BCUT2D eigenvalue weighted by atomic mass is 10.2. The van der Waals surface area contributed by atoms with E-state index in [1.165, 1.54) is 17.8 Å². The molecule has 2 aromatic rings. The Hall–Kier alpha value is -1.46. The number of nitrogens with zero attached hydrogens (tertiary/aromatic N) is 2. The third kappa shape index (κ3) is 4.01. The van der Waals surface area contributed by atoms with E-state index < -0.39 is 0 Å². The SMILES string of the molecule is Cc1cc(CCN)nc(CSc2ccccc2F)n1. The number of aryl methyl sites for hydroxylation is 1. The highest BCUT2D eigenvalue weighted by Crippen LogP contribution is 2.24. The van der Waals surface area contributed by atoms with Crippen LogP contribution in [0, 0.1) is 12.7 Å². The zero-order valence-electron chi connectivity index (χ0n) is 10.8. The number of rotatable bonds is 5. The van der Waals surface area contributed by atoms with Crippen molar-refractivity contribution in [3.63, 3.8) is 0 Å². The van der Waals surface area contributed by atoms with Crippen LogP contribution in [0.4, 0.5) is 4.39 Å². The number of hydrogen-bond donors (Lipinski definition) is 1. The van der Waals surface area contributed by atoms with Crippen molar-refractivity contribution >= 4 is 11.8 Å². The minimum atomic E-state index is -0.206. The van der Waals surface area contributed by atoms with E-state index in [9.17, 15) is 4.39 Å². The molecule has 0 unspecified atom stereocenters. The van der Waals surface area contributed by atoms with Crippen molar-refractivity contribution in [2.45, 2.75) is 24.0 Å². The van der Waals surface area contributed by atoms with E-state index in [4.69, 9.17) is 5.73 Å². The van der Waals surface area contributed by atoms with E-state index in [-0.39, 0.29) is 5.82 Å². The summed E-state index contributed by atoms with van der Waals surface area (Å²) in [5.74, 6) is 1.07. The summed E-state index contributed by atoms with van der Waals surface area (Å²) in [6.07, 6.45) is 0.737. The summed E-state index contributed by atoms with van der Waals surface area (Å²) in [5, 5.41) is 0. The molecular formula is C14H16FN3S. The van der Waals surface area contributed by atoms with Crippen LogP contribution in [-0.2, 0) is 12.2 Å². The molecule has 0 aliphatic carbocycles. The van der Waals surface area contributed by atoms with E-state index in [2.05, 4.69) is 9.97 Å². The summed E-state index contributed by atoms with van der Waals surface area (Å²) in [6, 6.07) is 8.66. The molecule has 100 valence electrons. The van der Waals surface area contributed by atoms with Gasteiger partial charge in [0, 0.05) is 22.7 Å². The molecule has 0 amide bonds. The van der Waals surface area contributed by atoms with Crippen molar-refractivity contribution in [3.8, 4) is 0 Å². The van der Waals surface area contributed by atoms with Crippen LogP contribution in [0.5, 0.6) is 0 Å². The second-order valence-corrected chi connectivity index (χ2v) is 5.19. The van der Waals surface area contributed by atoms with Gasteiger partial charge in [0.2, 0.25) is 0 Å². The smallest absolute Gasteiger partial charge is 0.139 e. The van der Waals surface area contributed by atoms with Gasteiger partial charge in [-0.25, -0.2) is 14.4 Å². The van der Waals surface area contributed by atoms with Crippen molar-refractivity contribution in [2.24, 2.45) is 5.73 Å². The molecule has 0 atom stereocenters. The Morgan fingerprint density at radius 2 is 2.05 bits per heavy atom. The molecule has 0 spiro atoms. The van der Waals surface area contributed by atoms with E-state index in [0.29, 0.717) is 17.2 Å². The molecule has 2 N–H and O–H groups in total. The van der Waals surface area contributed by atoms with Crippen LogP contribution in [0.2, 0.25) is 0 Å². The lowest BCUT2D eigenvalue weighted by Crippen LogP contribution is -2.07. The molecule has 2 rings (SSSR count). The fraction of sp³-hybridized carbons (Fsp3) is 0.286. The predicted molar refractivity (Wildman–Crippen MR) is 75.5 cm³/mol. The average Bonchev–Trinajstić information content (AvgIpc) is 2.37. The van der Waals surface area contributed by atoms with Gasteiger partial charge >= 0.3 is 0 Å². The number of halogens is 1. The van der Waals surface area contributed by atoms with Gasteiger partial charge in [-0.05, 0) is 31.7 Å². The number of hydrogen-bond acceptors (Lipinski definition) is 4. The maximum absolute atomic E-state index is 13.5. The van der Waals surface area contributed by atoms with Crippen molar-refractivity contribution < 1.29 is 4.39 Å². The highest BCUT2D eigenvalue weighted by atomic mass is 32.2. The first kappa shape index (κ1) is 14.0. The third-order valence-electron chi connectivity index (χ3n) is 2.55. The van der Waals surface area contributed by atoms with E-state index >= 15 is 0 Å². The average molecular weight is 277 g/mol. The van der Waals surface area contributed by atoms with Gasteiger partial charge in [0.15, 0.2) is 0 Å². The number of aromatic nitrogens is 2. The first-order valence-electron chi connectivity index (χ1n) is 6.10. The van der Waals surface area contributed by atoms with Crippen molar-refractivity contribution in [2.75, 3.05) is 6.54 Å². The van der Waals surface area contributed by atoms with Gasteiger partial charge in [0.05, 0.1) is 5.75 Å². The second kappa shape index (κ2) is 6.63. The first-order chi connectivity index (χ1) is 9.19. The second-order valence-electron chi connectivity index (χ2n) is 4.17. The van der Waals surface area contributed by atoms with Crippen LogP contribution in [0.15, 0.2) is 35.2 Å². The molecule has 5 heteroatoms. The quantitative estimate of drug-likeness (QED) is 0.854. The zero-order valence-corrected chi connectivity index (χ0v) is 11.6. The Bertz CT molecular complexity index is 560. The van der Waals surface area contributed by atoms with Crippen LogP contribution in [0.1, 0.15) is 17.2 Å². The highest BCUT2D eigenvalue weighted by Gasteiger charge is 2.06. The lowest BCUT2D eigenvalue weighted by molar-refractivity contribution is 0.602. The lowest BCUT2D eigenvalue weighted by Gasteiger charge is -2.06. The van der Waals surface area contributed by atoms with Gasteiger partial charge in [0.1, 0.15) is 11.6 Å². The third-order valence-corrected chi connectivity index (χ3v) is 3.59. The zero-order chi connectivity index (χ0) is 13.7. The van der Waals surface area contributed by atoms with Crippen LogP contribution < -0.4 is 5.73 Å². The van der Waals surface area contributed by atoms with E-state index in [0.717, 1.165) is 23.6 Å². The Morgan fingerprint density at radius 1 is 1.26 bits per heavy atom. The van der Waals surface area contributed by atoms with Gasteiger partial charge in [-0.2, -0.15) is 0 Å². The minimum absolute atomic E-state index is 0.206. The van der Waals surface area contributed by atoms with Crippen molar-refractivity contribution in [3.05, 3.63) is 53.4 Å². The number of nitrogens with two attached hydrogens (primary N) is 1. The fourth-order valence-corrected chi connectivity index (χ4v) is 2.54. The van der Waals surface area contributed by atoms with Gasteiger partial charge in [-0.15, -0.1) is 11.8 Å². The molecular weight excluding hydrogens is 261 g/mol. The maximum atomic E-state index is 13.5. The maximum Gasteiger partial charge on any atom is 0.139 e. The fourth-order valence-electron chi connectivity index (χ4n) is 1.74. The van der Waals surface area contributed by atoms with Crippen molar-refractivity contribution in [1.82, 2.24) is 9.97 Å². The normalized spacial score (nSPS) is 10.7. The molecule has 0 saturated carbocycles. The Labute approximate surface area is 116 Å². The molecule has 0 fully saturated rings. The molecule has 0 bridgehead atoms. The summed E-state index contributed by atoms with van der Waals surface area (Å²) in [4.78, 5) is 9.42. The topological polar surface area (TPSA) is 51.8 Å². The molecule has 1 aromatic carbocycles. The summed E-state index contributed by atoms with van der Waals surface area (Å²) in [7, 11) is 0. The van der Waals surface area contributed by atoms with Crippen molar-refractivity contribution in [1.29, 1.82) is 0 Å². The molecule has 3 nitrogen and oxygen atoms in total. The molecule has 1 heterocycles. The molecule has 0 aliphatic rings. The highest BCUT2D eigenvalue weighted by molar-refractivity contribution is 7.98. The van der Waals surface area contributed by atoms with Gasteiger partial charge in [-0.1, -0.05) is 12.1 Å². The molecule has 0 radical (unpaired) electrons. The predicted octanol–water partition coefficient (Wildman–Crippen LogP) is 2.72. The van der Waals surface area contributed by atoms with Gasteiger partial charge in [-0.3, -0.25) is 0 Å². The molecule has 1 aromatic heterocycles. The largest absolute Gasteiger partial charge is 0.330 e. The number of thioether (sulfide) groups is 1. The van der Waals surface area contributed by atoms with Crippen LogP contribution in [-0.4, -0.2) is 16.5 Å². The Balaban J connectivity index is 2.09. The minimum Gasteiger partial charge on any atom is -0.330 e. The summed E-state index contributed by atoms with van der Waals surface area (Å²) >= 11 is 1.40. The Kier molecular flexibility index (Phi) is 4.87. The van der Waals surface area contributed by atoms with E-state index in [1.54, 1.807) is 12.1 Å².